The van der Waals surface area contributed by atoms with Crippen molar-refractivity contribution in [3.05, 3.63) is 22.4 Å². The van der Waals surface area contributed by atoms with Crippen LogP contribution in [0.1, 0.15) is 38.5 Å². The Morgan fingerprint density at radius 2 is 2.05 bits per heavy atom. The maximum Gasteiger partial charge on any atom is 0.00940 e. The van der Waals surface area contributed by atoms with Crippen LogP contribution >= 0.6 is 11.3 Å². The fraction of sp³-hybridized carbons (Fsp3) is 0.750. The van der Waals surface area contributed by atoms with Gasteiger partial charge in [0, 0.05) is 23.5 Å². The summed E-state index contributed by atoms with van der Waals surface area (Å²) < 4.78 is 0. The fourth-order valence-corrected chi connectivity index (χ4v) is 3.83. The monoisotopic (exact) mass is 280 g/mol. The molecule has 2 heterocycles. The molecule has 0 saturated carbocycles. The van der Waals surface area contributed by atoms with Crippen molar-refractivity contribution in [3.63, 3.8) is 0 Å². The van der Waals surface area contributed by atoms with Crippen molar-refractivity contribution >= 4 is 11.3 Å². The summed E-state index contributed by atoms with van der Waals surface area (Å²) in [7, 11) is 0. The molecule has 0 spiro atoms. The van der Waals surface area contributed by atoms with Crippen molar-refractivity contribution in [2.45, 2.75) is 52.1 Å². The Kier molecular flexibility index (Phi) is 5.86. The highest BCUT2D eigenvalue weighted by Gasteiger charge is 2.20. The van der Waals surface area contributed by atoms with E-state index < -0.39 is 0 Å². The molecule has 1 aromatic heterocycles. The molecular formula is C16H28N2S. The summed E-state index contributed by atoms with van der Waals surface area (Å²) in [6.07, 6.45) is 3.78. The molecule has 19 heavy (non-hydrogen) atoms. The molecule has 2 rings (SSSR count). The van der Waals surface area contributed by atoms with Crippen molar-refractivity contribution in [1.82, 2.24) is 10.2 Å². The molecule has 1 aliphatic rings. The molecule has 1 aromatic rings. The minimum atomic E-state index is 0.597. The van der Waals surface area contributed by atoms with Crippen LogP contribution in [-0.4, -0.2) is 36.6 Å². The van der Waals surface area contributed by atoms with Crippen LogP contribution in [0, 0.1) is 5.92 Å². The maximum atomic E-state index is 3.81. The van der Waals surface area contributed by atoms with E-state index in [4.69, 9.17) is 0 Å². The molecule has 1 aliphatic heterocycles. The number of thiophene rings is 1. The molecule has 2 nitrogen and oxygen atoms in total. The van der Waals surface area contributed by atoms with Crippen molar-refractivity contribution in [2.24, 2.45) is 5.92 Å². The molecule has 3 heteroatoms. The first kappa shape index (κ1) is 15.0. The highest BCUT2D eigenvalue weighted by atomic mass is 32.1. The normalized spacial score (nSPS) is 20.0. The Bertz CT molecular complexity index is 340. The van der Waals surface area contributed by atoms with Crippen LogP contribution in [0.2, 0.25) is 0 Å². The topological polar surface area (TPSA) is 15.3 Å². The van der Waals surface area contributed by atoms with Crippen LogP contribution in [0.3, 0.4) is 0 Å². The Labute approximate surface area is 122 Å². The van der Waals surface area contributed by atoms with Crippen LogP contribution in [-0.2, 0) is 6.42 Å². The maximum absolute atomic E-state index is 3.81. The summed E-state index contributed by atoms with van der Waals surface area (Å²) in [5.41, 5.74) is 0. The summed E-state index contributed by atoms with van der Waals surface area (Å²) >= 11 is 1.87. The third-order valence-electron chi connectivity index (χ3n) is 3.82. The van der Waals surface area contributed by atoms with E-state index in [1.165, 1.54) is 43.8 Å². The fourth-order valence-electron chi connectivity index (χ4n) is 2.99. The zero-order chi connectivity index (χ0) is 13.7. The van der Waals surface area contributed by atoms with Crippen molar-refractivity contribution < 1.29 is 0 Å². The van der Waals surface area contributed by atoms with E-state index in [1.54, 1.807) is 0 Å². The molecule has 1 fully saturated rings. The smallest absolute Gasteiger partial charge is 0.00940 e. The van der Waals surface area contributed by atoms with Crippen molar-refractivity contribution in [2.75, 3.05) is 19.6 Å². The van der Waals surface area contributed by atoms with Crippen LogP contribution in [0.25, 0.3) is 0 Å². The van der Waals surface area contributed by atoms with E-state index in [9.17, 15) is 0 Å². The molecule has 0 aromatic carbocycles. The molecule has 1 unspecified atom stereocenters. The summed E-state index contributed by atoms with van der Waals surface area (Å²) in [6.45, 7) is 10.7. The molecular weight excluding hydrogens is 252 g/mol. The number of likely N-dealkylation sites (tertiary alicyclic amines) is 1. The Balaban J connectivity index is 1.67. The van der Waals surface area contributed by atoms with Gasteiger partial charge in [0.15, 0.2) is 0 Å². The second-order valence-corrected chi connectivity index (χ2v) is 7.35. The average molecular weight is 280 g/mol. The van der Waals surface area contributed by atoms with Gasteiger partial charge in [-0.25, -0.2) is 0 Å². The lowest BCUT2D eigenvalue weighted by Crippen LogP contribution is -2.46. The summed E-state index contributed by atoms with van der Waals surface area (Å²) in [6, 6.07) is 5.71. The van der Waals surface area contributed by atoms with Gasteiger partial charge in [0.05, 0.1) is 0 Å². The SMILES string of the molecule is CC(C)CN1CCC(NC(C)Cc2cccs2)CC1. The summed E-state index contributed by atoms with van der Waals surface area (Å²) in [4.78, 5) is 4.12. The van der Waals surface area contributed by atoms with Gasteiger partial charge in [-0.3, -0.25) is 0 Å². The predicted molar refractivity (Wildman–Crippen MR) is 84.9 cm³/mol. The third kappa shape index (κ3) is 5.25. The van der Waals surface area contributed by atoms with Gasteiger partial charge < -0.3 is 10.2 Å². The standard InChI is InChI=1S/C16H28N2S/c1-13(2)12-18-8-6-15(7-9-18)17-14(3)11-16-5-4-10-19-16/h4-5,10,13-15,17H,6-9,11-12H2,1-3H3. The molecule has 0 radical (unpaired) electrons. The summed E-state index contributed by atoms with van der Waals surface area (Å²) in [5.74, 6) is 0.794. The first-order valence-electron chi connectivity index (χ1n) is 7.64. The second-order valence-electron chi connectivity index (χ2n) is 6.32. The van der Waals surface area contributed by atoms with Gasteiger partial charge in [-0.2, -0.15) is 0 Å². The van der Waals surface area contributed by atoms with E-state index in [1.807, 2.05) is 11.3 Å². The first-order chi connectivity index (χ1) is 9.13. The Hall–Kier alpha value is -0.380. The second kappa shape index (κ2) is 7.41. The van der Waals surface area contributed by atoms with E-state index in [0.29, 0.717) is 6.04 Å². The van der Waals surface area contributed by atoms with E-state index >= 15 is 0 Å². The number of rotatable bonds is 6. The van der Waals surface area contributed by atoms with Gasteiger partial charge >= 0.3 is 0 Å². The van der Waals surface area contributed by atoms with Crippen molar-refractivity contribution in [3.8, 4) is 0 Å². The van der Waals surface area contributed by atoms with Gasteiger partial charge in [-0.15, -0.1) is 11.3 Å². The van der Waals surface area contributed by atoms with E-state index in [0.717, 1.165) is 12.0 Å². The third-order valence-corrected chi connectivity index (χ3v) is 4.72. The minimum Gasteiger partial charge on any atom is -0.311 e. The Morgan fingerprint density at radius 3 is 2.63 bits per heavy atom. The van der Waals surface area contributed by atoms with Crippen LogP contribution < -0.4 is 5.32 Å². The van der Waals surface area contributed by atoms with Crippen LogP contribution in [0.4, 0.5) is 0 Å². The largest absolute Gasteiger partial charge is 0.311 e. The van der Waals surface area contributed by atoms with Crippen LogP contribution in [0.5, 0.6) is 0 Å². The first-order valence-corrected chi connectivity index (χ1v) is 8.52. The number of nitrogens with zero attached hydrogens (tertiary/aromatic N) is 1. The zero-order valence-electron chi connectivity index (χ0n) is 12.6. The van der Waals surface area contributed by atoms with E-state index in [2.05, 4.69) is 48.5 Å². The predicted octanol–water partition coefficient (Wildman–Crippen LogP) is 3.39. The van der Waals surface area contributed by atoms with Gasteiger partial charge in [-0.05, 0) is 56.6 Å². The molecule has 1 N–H and O–H groups in total. The molecule has 1 atom stereocenters. The summed E-state index contributed by atoms with van der Waals surface area (Å²) in [5, 5.41) is 5.98. The van der Waals surface area contributed by atoms with E-state index in [-0.39, 0.29) is 0 Å². The molecule has 0 bridgehead atoms. The van der Waals surface area contributed by atoms with Gasteiger partial charge in [0.2, 0.25) is 0 Å². The lowest BCUT2D eigenvalue weighted by atomic mass is 10.0. The molecule has 0 aliphatic carbocycles. The molecule has 0 amide bonds. The lowest BCUT2D eigenvalue weighted by Gasteiger charge is -2.34. The minimum absolute atomic E-state index is 0.597. The van der Waals surface area contributed by atoms with Gasteiger partial charge in [0.25, 0.3) is 0 Å². The molecule has 1 saturated heterocycles. The van der Waals surface area contributed by atoms with Crippen molar-refractivity contribution in [1.29, 1.82) is 0 Å². The number of nitrogens with one attached hydrogen (secondary N) is 1. The lowest BCUT2D eigenvalue weighted by molar-refractivity contribution is 0.175. The number of piperidine rings is 1. The highest BCUT2D eigenvalue weighted by Crippen LogP contribution is 2.15. The quantitative estimate of drug-likeness (QED) is 0.859. The van der Waals surface area contributed by atoms with Gasteiger partial charge in [0.1, 0.15) is 0 Å². The molecule has 108 valence electrons. The number of hydrogen-bond donors (Lipinski definition) is 1. The van der Waals surface area contributed by atoms with Crippen LogP contribution in [0.15, 0.2) is 17.5 Å². The number of hydrogen-bond acceptors (Lipinski definition) is 3. The van der Waals surface area contributed by atoms with Gasteiger partial charge in [-0.1, -0.05) is 19.9 Å². The zero-order valence-corrected chi connectivity index (χ0v) is 13.4. The Morgan fingerprint density at radius 1 is 1.32 bits per heavy atom. The average Bonchev–Trinajstić information content (AvgIpc) is 2.83. The highest BCUT2D eigenvalue weighted by molar-refractivity contribution is 7.09.